The van der Waals surface area contributed by atoms with Crippen molar-refractivity contribution >= 4 is 5.97 Å². The third-order valence-electron chi connectivity index (χ3n) is 4.12. The largest absolute Gasteiger partial charge is 0.478 e. The molecule has 1 aliphatic rings. The second-order valence-corrected chi connectivity index (χ2v) is 5.72. The molecule has 1 aliphatic carbocycles. The predicted molar refractivity (Wildman–Crippen MR) is 75.7 cm³/mol. The van der Waals surface area contributed by atoms with Crippen molar-refractivity contribution in [3.05, 3.63) is 12.2 Å². The molecule has 0 bridgehead atoms. The summed E-state index contributed by atoms with van der Waals surface area (Å²) in [5.41, 5.74) is 0.359. The Morgan fingerprint density at radius 1 is 1.00 bits per heavy atom. The average Bonchev–Trinajstić information content (AvgIpc) is 2.38. The van der Waals surface area contributed by atoms with Gasteiger partial charge >= 0.3 is 5.97 Å². The van der Waals surface area contributed by atoms with Crippen molar-refractivity contribution in [2.45, 2.75) is 77.0 Å². The fraction of sp³-hybridized carbons (Fsp3) is 0.812. The molecule has 0 aromatic carbocycles. The molecule has 104 valence electrons. The third kappa shape index (κ3) is 6.83. The first-order valence-electron chi connectivity index (χ1n) is 7.61. The first-order chi connectivity index (χ1) is 8.70. The molecule has 0 heterocycles. The Kier molecular flexibility index (Phi) is 7.79. The Labute approximate surface area is 111 Å². The maximum absolute atomic E-state index is 10.5. The highest BCUT2D eigenvalue weighted by Gasteiger charge is 2.12. The Bertz CT molecular complexity index is 252. The van der Waals surface area contributed by atoms with E-state index in [1.807, 2.05) is 0 Å². The summed E-state index contributed by atoms with van der Waals surface area (Å²) in [6.07, 6.45) is 15.4. The third-order valence-corrected chi connectivity index (χ3v) is 4.12. The van der Waals surface area contributed by atoms with Crippen LogP contribution >= 0.6 is 0 Å². The van der Waals surface area contributed by atoms with Gasteiger partial charge in [-0.05, 0) is 18.8 Å². The number of carboxylic acids is 1. The van der Waals surface area contributed by atoms with Crippen molar-refractivity contribution in [2.75, 3.05) is 0 Å². The molecule has 0 amide bonds. The van der Waals surface area contributed by atoms with Gasteiger partial charge in [0.2, 0.25) is 0 Å². The molecule has 1 saturated carbocycles. The van der Waals surface area contributed by atoms with E-state index in [0.717, 1.165) is 18.8 Å². The minimum Gasteiger partial charge on any atom is -0.478 e. The summed E-state index contributed by atoms with van der Waals surface area (Å²) in [6, 6.07) is 0. The molecule has 2 heteroatoms. The zero-order valence-electron chi connectivity index (χ0n) is 11.6. The van der Waals surface area contributed by atoms with Gasteiger partial charge in [0.15, 0.2) is 0 Å². The summed E-state index contributed by atoms with van der Waals surface area (Å²) >= 11 is 0. The number of carboxylic acid groups (broad SMARTS) is 1. The molecular formula is C16H28O2. The van der Waals surface area contributed by atoms with E-state index in [1.165, 1.54) is 57.8 Å². The van der Waals surface area contributed by atoms with Crippen LogP contribution in [0.2, 0.25) is 0 Å². The van der Waals surface area contributed by atoms with E-state index in [1.54, 1.807) is 0 Å². The van der Waals surface area contributed by atoms with Gasteiger partial charge in [0.1, 0.15) is 0 Å². The molecule has 0 spiro atoms. The summed E-state index contributed by atoms with van der Waals surface area (Å²) in [5.74, 6) is 0.165. The predicted octanol–water partition coefficient (Wildman–Crippen LogP) is 4.94. The van der Waals surface area contributed by atoms with Gasteiger partial charge in [0.25, 0.3) is 0 Å². The average molecular weight is 252 g/mol. The monoisotopic (exact) mass is 252 g/mol. The lowest BCUT2D eigenvalue weighted by Gasteiger charge is -2.21. The molecule has 0 radical (unpaired) electrons. The summed E-state index contributed by atoms with van der Waals surface area (Å²) in [5, 5.41) is 8.67. The molecule has 2 nitrogen and oxygen atoms in total. The van der Waals surface area contributed by atoms with E-state index in [4.69, 9.17) is 5.11 Å². The number of rotatable bonds is 9. The van der Waals surface area contributed by atoms with Crippen LogP contribution in [0.5, 0.6) is 0 Å². The fourth-order valence-corrected chi connectivity index (χ4v) is 2.88. The molecule has 0 saturated heterocycles. The van der Waals surface area contributed by atoms with Gasteiger partial charge < -0.3 is 5.11 Å². The van der Waals surface area contributed by atoms with Crippen LogP contribution in [0, 0.1) is 5.92 Å². The molecule has 0 aromatic rings. The molecule has 0 aliphatic heterocycles. The quantitative estimate of drug-likeness (QED) is 0.466. The maximum atomic E-state index is 10.5. The van der Waals surface area contributed by atoms with E-state index in [9.17, 15) is 4.79 Å². The minimum absolute atomic E-state index is 0.359. The van der Waals surface area contributed by atoms with Crippen LogP contribution in [0.4, 0.5) is 0 Å². The molecule has 0 aromatic heterocycles. The van der Waals surface area contributed by atoms with Gasteiger partial charge in [0.05, 0.1) is 0 Å². The van der Waals surface area contributed by atoms with E-state index in [0.29, 0.717) is 12.0 Å². The number of aliphatic carboxylic acids is 1. The van der Waals surface area contributed by atoms with Crippen molar-refractivity contribution < 1.29 is 9.90 Å². The lowest BCUT2D eigenvalue weighted by atomic mass is 9.85. The lowest BCUT2D eigenvalue weighted by molar-refractivity contribution is -0.132. The van der Waals surface area contributed by atoms with Crippen LogP contribution in [0.3, 0.4) is 0 Å². The smallest absolute Gasteiger partial charge is 0.330 e. The highest BCUT2D eigenvalue weighted by Crippen LogP contribution is 2.28. The normalized spacial score (nSPS) is 16.7. The Morgan fingerprint density at radius 2 is 1.61 bits per heavy atom. The molecule has 18 heavy (non-hydrogen) atoms. The van der Waals surface area contributed by atoms with Gasteiger partial charge in [-0.3, -0.25) is 0 Å². The summed E-state index contributed by atoms with van der Waals surface area (Å²) in [7, 11) is 0. The fourth-order valence-electron chi connectivity index (χ4n) is 2.88. The topological polar surface area (TPSA) is 37.3 Å². The number of hydrogen-bond donors (Lipinski definition) is 1. The van der Waals surface area contributed by atoms with Crippen molar-refractivity contribution in [1.82, 2.24) is 0 Å². The Hall–Kier alpha value is -0.790. The summed E-state index contributed by atoms with van der Waals surface area (Å²) in [6.45, 7) is 3.55. The van der Waals surface area contributed by atoms with Crippen molar-refractivity contribution in [1.29, 1.82) is 0 Å². The summed E-state index contributed by atoms with van der Waals surface area (Å²) < 4.78 is 0. The van der Waals surface area contributed by atoms with E-state index in [2.05, 4.69) is 6.58 Å². The Balaban J connectivity index is 1.86. The highest BCUT2D eigenvalue weighted by molar-refractivity contribution is 5.85. The summed E-state index contributed by atoms with van der Waals surface area (Å²) in [4.78, 5) is 10.5. The number of unbranched alkanes of at least 4 members (excludes halogenated alkanes) is 4. The van der Waals surface area contributed by atoms with E-state index < -0.39 is 5.97 Å². The Morgan fingerprint density at radius 3 is 2.28 bits per heavy atom. The SMILES string of the molecule is C=C(CCCCCCCC1CCCCC1)C(=O)O. The number of carbonyl (C=O) groups is 1. The minimum atomic E-state index is -0.840. The van der Waals surface area contributed by atoms with Crippen molar-refractivity contribution in [2.24, 2.45) is 5.92 Å². The highest BCUT2D eigenvalue weighted by atomic mass is 16.4. The maximum Gasteiger partial charge on any atom is 0.330 e. The van der Waals surface area contributed by atoms with Crippen molar-refractivity contribution in [3.8, 4) is 0 Å². The molecule has 1 N–H and O–H groups in total. The first kappa shape index (κ1) is 15.3. The van der Waals surface area contributed by atoms with Crippen LogP contribution < -0.4 is 0 Å². The van der Waals surface area contributed by atoms with Gasteiger partial charge in [-0.15, -0.1) is 0 Å². The van der Waals surface area contributed by atoms with Crippen LogP contribution in [0.1, 0.15) is 77.0 Å². The van der Waals surface area contributed by atoms with Crippen LogP contribution in [0.15, 0.2) is 12.2 Å². The zero-order chi connectivity index (χ0) is 13.2. The van der Waals surface area contributed by atoms with Gasteiger partial charge in [-0.1, -0.05) is 70.8 Å². The van der Waals surface area contributed by atoms with E-state index >= 15 is 0 Å². The van der Waals surface area contributed by atoms with Crippen LogP contribution in [0.25, 0.3) is 0 Å². The molecule has 1 fully saturated rings. The molecule has 0 atom stereocenters. The zero-order valence-corrected chi connectivity index (χ0v) is 11.6. The van der Waals surface area contributed by atoms with Gasteiger partial charge in [0, 0.05) is 5.57 Å². The van der Waals surface area contributed by atoms with E-state index in [-0.39, 0.29) is 0 Å². The van der Waals surface area contributed by atoms with Crippen LogP contribution in [-0.4, -0.2) is 11.1 Å². The molecule has 1 rings (SSSR count). The standard InChI is InChI=1S/C16H28O2/c1-14(16(17)18)10-6-3-2-4-7-11-15-12-8-5-9-13-15/h15H,1-13H2,(H,17,18). The van der Waals surface area contributed by atoms with Gasteiger partial charge in [-0.25, -0.2) is 4.79 Å². The van der Waals surface area contributed by atoms with Gasteiger partial charge in [-0.2, -0.15) is 0 Å². The van der Waals surface area contributed by atoms with Crippen molar-refractivity contribution in [3.63, 3.8) is 0 Å². The number of hydrogen-bond acceptors (Lipinski definition) is 1. The second kappa shape index (κ2) is 9.18. The van der Waals surface area contributed by atoms with Crippen LogP contribution in [-0.2, 0) is 4.79 Å². The molecular weight excluding hydrogens is 224 g/mol. The second-order valence-electron chi connectivity index (χ2n) is 5.72. The molecule has 0 unspecified atom stereocenters. The first-order valence-corrected chi connectivity index (χ1v) is 7.61. The lowest BCUT2D eigenvalue weighted by Crippen LogP contribution is -2.05.